The van der Waals surface area contributed by atoms with Crippen LogP contribution in [0.25, 0.3) is 0 Å². The Morgan fingerprint density at radius 3 is 2.19 bits per heavy atom. The standard InChI is InChI=1S/C24H36N2O6/c1-16(2)14-18(15-19(27)12-13-25-23(30)32-24(3,4)5)21(28)26-20(22(29)31-6)17-10-8-7-9-11-17/h7-11,16,18,20H,12-15H2,1-6H3,(H,25,30)(H,26,28)/t18-,20-/m1/s1. The average molecular weight is 449 g/mol. The van der Waals surface area contributed by atoms with Crippen LogP contribution in [-0.2, 0) is 23.9 Å². The third kappa shape index (κ3) is 10.4. The number of hydrogen-bond donors (Lipinski definition) is 2. The van der Waals surface area contributed by atoms with Crippen molar-refractivity contribution in [3.8, 4) is 0 Å². The van der Waals surface area contributed by atoms with Gasteiger partial charge in [0.1, 0.15) is 11.4 Å². The van der Waals surface area contributed by atoms with E-state index >= 15 is 0 Å². The Labute approximate surface area is 190 Å². The Balaban J connectivity index is 2.75. The van der Waals surface area contributed by atoms with Crippen molar-refractivity contribution in [2.75, 3.05) is 13.7 Å². The van der Waals surface area contributed by atoms with E-state index in [1.807, 2.05) is 19.9 Å². The van der Waals surface area contributed by atoms with Crippen molar-refractivity contribution in [2.24, 2.45) is 11.8 Å². The van der Waals surface area contributed by atoms with Crippen molar-refractivity contribution in [3.05, 3.63) is 35.9 Å². The lowest BCUT2D eigenvalue weighted by atomic mass is 9.90. The summed E-state index contributed by atoms with van der Waals surface area (Å²) < 4.78 is 9.99. The summed E-state index contributed by atoms with van der Waals surface area (Å²) in [6.45, 7) is 9.31. The van der Waals surface area contributed by atoms with Crippen LogP contribution >= 0.6 is 0 Å². The van der Waals surface area contributed by atoms with E-state index in [4.69, 9.17) is 9.47 Å². The number of ketones is 1. The summed E-state index contributed by atoms with van der Waals surface area (Å²) in [6, 6.07) is 7.85. The summed E-state index contributed by atoms with van der Waals surface area (Å²) in [5, 5.41) is 5.29. The number of esters is 1. The fourth-order valence-electron chi connectivity index (χ4n) is 3.15. The molecule has 8 heteroatoms. The van der Waals surface area contributed by atoms with Crippen LogP contribution in [0.2, 0.25) is 0 Å². The summed E-state index contributed by atoms with van der Waals surface area (Å²) in [5.41, 5.74) is -0.0207. The van der Waals surface area contributed by atoms with Gasteiger partial charge in [-0.25, -0.2) is 9.59 Å². The molecule has 8 nitrogen and oxygen atoms in total. The van der Waals surface area contributed by atoms with Crippen molar-refractivity contribution in [3.63, 3.8) is 0 Å². The topological polar surface area (TPSA) is 111 Å². The van der Waals surface area contributed by atoms with Crippen molar-refractivity contribution in [1.29, 1.82) is 0 Å². The molecule has 0 saturated carbocycles. The quantitative estimate of drug-likeness (QED) is 0.501. The second-order valence-corrected chi connectivity index (χ2v) is 9.12. The molecule has 0 unspecified atom stereocenters. The van der Waals surface area contributed by atoms with Crippen molar-refractivity contribution < 1.29 is 28.7 Å². The van der Waals surface area contributed by atoms with Gasteiger partial charge in [0.2, 0.25) is 5.91 Å². The van der Waals surface area contributed by atoms with E-state index in [0.717, 1.165) is 0 Å². The Kier molecular flexibility index (Phi) is 10.9. The Morgan fingerprint density at radius 1 is 1.03 bits per heavy atom. The molecule has 2 N–H and O–H groups in total. The van der Waals surface area contributed by atoms with Gasteiger partial charge in [0.25, 0.3) is 0 Å². The van der Waals surface area contributed by atoms with Crippen LogP contribution in [-0.4, -0.2) is 43.0 Å². The van der Waals surface area contributed by atoms with E-state index in [0.29, 0.717) is 12.0 Å². The van der Waals surface area contributed by atoms with Crippen LogP contribution in [0.3, 0.4) is 0 Å². The first kappa shape index (κ1) is 27.1. The highest BCUT2D eigenvalue weighted by Gasteiger charge is 2.29. The van der Waals surface area contributed by atoms with Gasteiger partial charge in [0.15, 0.2) is 6.04 Å². The molecule has 0 radical (unpaired) electrons. The normalized spacial score (nSPS) is 13.1. The van der Waals surface area contributed by atoms with Gasteiger partial charge in [0.05, 0.1) is 7.11 Å². The maximum atomic E-state index is 13.0. The minimum absolute atomic E-state index is 0.0166. The number of nitrogens with one attached hydrogen (secondary N) is 2. The van der Waals surface area contributed by atoms with Gasteiger partial charge < -0.3 is 20.1 Å². The molecule has 0 spiro atoms. The summed E-state index contributed by atoms with van der Waals surface area (Å²) >= 11 is 0. The number of carbonyl (C=O) groups excluding carboxylic acids is 4. The second-order valence-electron chi connectivity index (χ2n) is 9.12. The molecule has 0 aromatic heterocycles. The number of rotatable bonds is 11. The van der Waals surface area contributed by atoms with Crippen LogP contribution in [0, 0.1) is 11.8 Å². The SMILES string of the molecule is COC(=O)[C@H](NC(=O)[C@@H](CC(=O)CCNC(=O)OC(C)(C)C)CC(C)C)c1ccccc1. The predicted molar refractivity (Wildman–Crippen MR) is 121 cm³/mol. The van der Waals surface area contributed by atoms with Crippen molar-refractivity contribution >= 4 is 23.8 Å². The minimum Gasteiger partial charge on any atom is -0.467 e. The third-order valence-electron chi connectivity index (χ3n) is 4.53. The lowest BCUT2D eigenvalue weighted by molar-refractivity contribution is -0.146. The molecule has 1 aromatic carbocycles. The third-order valence-corrected chi connectivity index (χ3v) is 4.53. The van der Waals surface area contributed by atoms with Gasteiger partial charge in [0, 0.05) is 25.3 Å². The summed E-state index contributed by atoms with van der Waals surface area (Å²) in [7, 11) is 1.26. The molecule has 0 fully saturated rings. The van der Waals surface area contributed by atoms with Crippen LogP contribution in [0.4, 0.5) is 4.79 Å². The molecule has 2 atom stereocenters. The van der Waals surface area contributed by atoms with E-state index in [1.165, 1.54) is 7.11 Å². The summed E-state index contributed by atoms with van der Waals surface area (Å²) in [5.74, 6) is -1.55. The number of alkyl carbamates (subject to hydrolysis) is 1. The summed E-state index contributed by atoms with van der Waals surface area (Å²) in [6.07, 6.45) is -0.00609. The zero-order valence-corrected chi connectivity index (χ0v) is 19.9. The molecule has 0 saturated heterocycles. The lowest BCUT2D eigenvalue weighted by Crippen LogP contribution is -2.39. The van der Waals surface area contributed by atoms with Crippen molar-refractivity contribution in [1.82, 2.24) is 10.6 Å². The van der Waals surface area contributed by atoms with Gasteiger partial charge in [-0.3, -0.25) is 9.59 Å². The molecule has 1 rings (SSSR count). The fraction of sp³-hybridized carbons (Fsp3) is 0.583. The highest BCUT2D eigenvalue weighted by molar-refractivity contribution is 5.90. The number of benzene rings is 1. The predicted octanol–water partition coefficient (Wildman–Crippen LogP) is 3.55. The Bertz CT molecular complexity index is 770. The maximum Gasteiger partial charge on any atom is 0.407 e. The molecule has 1 aromatic rings. The lowest BCUT2D eigenvalue weighted by Gasteiger charge is -2.22. The number of Topliss-reactive ketones (excluding diaryl/α,β-unsaturated/α-hetero) is 1. The number of hydrogen-bond acceptors (Lipinski definition) is 6. The largest absolute Gasteiger partial charge is 0.467 e. The molecule has 0 heterocycles. The smallest absolute Gasteiger partial charge is 0.407 e. The Hall–Kier alpha value is -2.90. The van der Waals surface area contributed by atoms with Gasteiger partial charge in [-0.05, 0) is 38.7 Å². The van der Waals surface area contributed by atoms with Crippen LogP contribution in [0.15, 0.2) is 30.3 Å². The number of amides is 2. The second kappa shape index (κ2) is 12.8. The highest BCUT2D eigenvalue weighted by atomic mass is 16.6. The first-order chi connectivity index (χ1) is 14.9. The fourth-order valence-corrected chi connectivity index (χ4v) is 3.15. The number of carbonyl (C=O) groups is 4. The van der Waals surface area contributed by atoms with Crippen LogP contribution in [0.5, 0.6) is 0 Å². The van der Waals surface area contributed by atoms with Gasteiger partial charge in [-0.15, -0.1) is 0 Å². The first-order valence-electron chi connectivity index (χ1n) is 10.8. The van der Waals surface area contributed by atoms with Crippen LogP contribution in [0.1, 0.15) is 65.5 Å². The molecular formula is C24H36N2O6. The van der Waals surface area contributed by atoms with Gasteiger partial charge in [-0.2, -0.15) is 0 Å². The van der Waals surface area contributed by atoms with Crippen molar-refractivity contribution in [2.45, 2.75) is 65.5 Å². The van der Waals surface area contributed by atoms with E-state index in [1.54, 1.807) is 45.0 Å². The molecular weight excluding hydrogens is 412 g/mol. The van der Waals surface area contributed by atoms with Crippen LogP contribution < -0.4 is 10.6 Å². The van der Waals surface area contributed by atoms with E-state index in [9.17, 15) is 19.2 Å². The van der Waals surface area contributed by atoms with Gasteiger partial charge in [-0.1, -0.05) is 44.2 Å². The van der Waals surface area contributed by atoms with E-state index in [-0.39, 0.29) is 37.0 Å². The molecule has 0 aliphatic heterocycles. The zero-order valence-electron chi connectivity index (χ0n) is 19.9. The number of ether oxygens (including phenoxy) is 2. The van der Waals surface area contributed by atoms with Gasteiger partial charge >= 0.3 is 12.1 Å². The monoisotopic (exact) mass is 448 g/mol. The minimum atomic E-state index is -0.952. The van der Waals surface area contributed by atoms with E-state index in [2.05, 4.69) is 10.6 Å². The first-order valence-corrected chi connectivity index (χ1v) is 10.8. The summed E-state index contributed by atoms with van der Waals surface area (Å²) in [4.78, 5) is 49.5. The molecule has 0 aliphatic carbocycles. The van der Waals surface area contributed by atoms with E-state index < -0.39 is 29.6 Å². The number of methoxy groups -OCH3 is 1. The molecule has 2 amide bonds. The molecule has 178 valence electrons. The highest BCUT2D eigenvalue weighted by Crippen LogP contribution is 2.20. The Morgan fingerprint density at radius 2 is 1.66 bits per heavy atom. The zero-order chi connectivity index (χ0) is 24.3. The average Bonchev–Trinajstić information content (AvgIpc) is 2.69. The molecule has 0 aliphatic rings. The maximum absolute atomic E-state index is 13.0. The molecule has 32 heavy (non-hydrogen) atoms. The molecule has 0 bridgehead atoms.